The van der Waals surface area contributed by atoms with Crippen LogP contribution < -0.4 is 4.90 Å². The van der Waals surface area contributed by atoms with Crippen LogP contribution in [0.4, 0.5) is 5.69 Å². The van der Waals surface area contributed by atoms with Crippen molar-refractivity contribution in [3.8, 4) is 11.8 Å². The van der Waals surface area contributed by atoms with Gasteiger partial charge in [-0.1, -0.05) is 39.9 Å². The Hall–Kier alpha value is -0.940. The van der Waals surface area contributed by atoms with E-state index in [1.54, 1.807) is 0 Å². The predicted molar refractivity (Wildman–Crippen MR) is 66.1 cm³/mol. The fourth-order valence-corrected chi connectivity index (χ4v) is 1.37. The molecule has 2 heteroatoms. The molecule has 0 fully saturated rings. The monoisotopic (exact) mass is 251 g/mol. The van der Waals surface area contributed by atoms with Gasteiger partial charge in [0.2, 0.25) is 0 Å². The van der Waals surface area contributed by atoms with Gasteiger partial charge in [0.15, 0.2) is 0 Å². The number of benzene rings is 1. The maximum absolute atomic E-state index is 3.36. The fraction of sp³-hybridized carbons (Fsp3) is 0.333. The molecule has 0 saturated heterocycles. The van der Waals surface area contributed by atoms with Gasteiger partial charge >= 0.3 is 0 Å². The first-order valence-corrected chi connectivity index (χ1v) is 5.69. The van der Waals surface area contributed by atoms with Crippen LogP contribution in [-0.4, -0.2) is 19.4 Å². The van der Waals surface area contributed by atoms with E-state index in [4.69, 9.17) is 0 Å². The normalized spacial score (nSPS) is 9.07. The summed E-state index contributed by atoms with van der Waals surface area (Å²) in [5, 5.41) is 0.935. The van der Waals surface area contributed by atoms with Crippen molar-refractivity contribution in [1.29, 1.82) is 0 Å². The van der Waals surface area contributed by atoms with Crippen LogP contribution >= 0.6 is 15.9 Å². The van der Waals surface area contributed by atoms with Crippen LogP contribution in [0.25, 0.3) is 0 Å². The summed E-state index contributed by atoms with van der Waals surface area (Å²) in [7, 11) is 4.07. The Morgan fingerprint density at radius 2 is 2.00 bits per heavy atom. The molecule has 1 rings (SSSR count). The van der Waals surface area contributed by atoms with Crippen LogP contribution in [0.15, 0.2) is 24.3 Å². The summed E-state index contributed by atoms with van der Waals surface area (Å²) in [5.74, 6) is 6.30. The summed E-state index contributed by atoms with van der Waals surface area (Å²) in [5.41, 5.74) is 2.27. The number of hydrogen-bond donors (Lipinski definition) is 0. The number of halogens is 1. The number of anilines is 1. The van der Waals surface area contributed by atoms with Crippen molar-refractivity contribution in [3.05, 3.63) is 29.8 Å². The van der Waals surface area contributed by atoms with E-state index in [1.807, 2.05) is 26.2 Å². The molecule has 1 aromatic rings. The quantitative estimate of drug-likeness (QED) is 0.578. The largest absolute Gasteiger partial charge is 0.377 e. The molecule has 0 atom stereocenters. The smallest absolute Gasteiger partial charge is 0.0520 e. The van der Waals surface area contributed by atoms with Gasteiger partial charge in [0.25, 0.3) is 0 Å². The summed E-state index contributed by atoms with van der Waals surface area (Å²) in [6.07, 6.45) is 0.891. The van der Waals surface area contributed by atoms with E-state index in [0.717, 1.165) is 17.3 Å². The number of rotatable bonds is 2. The number of nitrogens with zero attached hydrogens (tertiary/aromatic N) is 1. The summed E-state index contributed by atoms with van der Waals surface area (Å²) in [4.78, 5) is 2.08. The topological polar surface area (TPSA) is 3.24 Å². The van der Waals surface area contributed by atoms with E-state index in [2.05, 4.69) is 44.8 Å². The molecule has 0 amide bonds. The Bertz CT molecular complexity index is 347. The Morgan fingerprint density at radius 1 is 1.29 bits per heavy atom. The molecule has 14 heavy (non-hydrogen) atoms. The molecule has 0 heterocycles. The van der Waals surface area contributed by atoms with Gasteiger partial charge in [-0.2, -0.15) is 0 Å². The average molecular weight is 252 g/mol. The predicted octanol–water partition coefficient (Wildman–Crippen LogP) is 2.89. The highest BCUT2D eigenvalue weighted by atomic mass is 79.9. The van der Waals surface area contributed by atoms with Gasteiger partial charge in [0, 0.05) is 31.4 Å². The van der Waals surface area contributed by atoms with Gasteiger partial charge in [-0.25, -0.2) is 0 Å². The highest BCUT2D eigenvalue weighted by Gasteiger charge is 1.98. The third-order valence-electron chi connectivity index (χ3n) is 1.83. The van der Waals surface area contributed by atoms with Crippen LogP contribution in [0.3, 0.4) is 0 Å². The van der Waals surface area contributed by atoms with Gasteiger partial charge in [0.05, 0.1) is 5.69 Å². The van der Waals surface area contributed by atoms with E-state index in [1.165, 1.54) is 5.69 Å². The third kappa shape index (κ3) is 3.08. The highest BCUT2D eigenvalue weighted by molar-refractivity contribution is 9.09. The zero-order chi connectivity index (χ0) is 10.4. The summed E-state index contributed by atoms with van der Waals surface area (Å²) >= 11 is 3.36. The Morgan fingerprint density at radius 3 is 2.64 bits per heavy atom. The van der Waals surface area contributed by atoms with E-state index < -0.39 is 0 Å². The van der Waals surface area contributed by atoms with Crippen molar-refractivity contribution in [1.82, 2.24) is 0 Å². The van der Waals surface area contributed by atoms with E-state index >= 15 is 0 Å². The van der Waals surface area contributed by atoms with Gasteiger partial charge < -0.3 is 4.90 Å². The lowest BCUT2D eigenvalue weighted by molar-refractivity contribution is 1.13. The maximum atomic E-state index is 3.36. The van der Waals surface area contributed by atoms with Gasteiger partial charge in [-0.3, -0.25) is 0 Å². The lowest BCUT2D eigenvalue weighted by Gasteiger charge is -2.13. The second-order valence-electron chi connectivity index (χ2n) is 3.15. The maximum Gasteiger partial charge on any atom is 0.0520 e. The second kappa shape index (κ2) is 5.72. The first-order valence-electron chi connectivity index (χ1n) is 4.57. The van der Waals surface area contributed by atoms with Crippen molar-refractivity contribution in [2.75, 3.05) is 24.3 Å². The lowest BCUT2D eigenvalue weighted by Crippen LogP contribution is -2.09. The molecule has 0 aliphatic heterocycles. The molecule has 0 spiro atoms. The summed E-state index contributed by atoms with van der Waals surface area (Å²) in [6.45, 7) is 0. The zero-order valence-corrected chi connectivity index (χ0v) is 10.1. The van der Waals surface area contributed by atoms with Crippen LogP contribution in [0, 0.1) is 11.8 Å². The lowest BCUT2D eigenvalue weighted by atomic mass is 10.1. The van der Waals surface area contributed by atoms with Gasteiger partial charge in [-0.15, -0.1) is 0 Å². The minimum absolute atomic E-state index is 0.891. The SMILES string of the molecule is CN(C)c1ccccc1C#CCCBr. The summed E-state index contributed by atoms with van der Waals surface area (Å²) in [6, 6.07) is 8.19. The van der Waals surface area contributed by atoms with Crippen LogP contribution in [-0.2, 0) is 0 Å². The molecule has 0 saturated carbocycles. The molecule has 0 unspecified atom stereocenters. The molecule has 0 aliphatic carbocycles. The third-order valence-corrected chi connectivity index (χ3v) is 2.22. The summed E-state index contributed by atoms with van der Waals surface area (Å²) < 4.78 is 0. The minimum atomic E-state index is 0.891. The molecule has 1 nitrogen and oxygen atoms in total. The highest BCUT2D eigenvalue weighted by Crippen LogP contribution is 2.16. The Labute approximate surface area is 94.2 Å². The van der Waals surface area contributed by atoms with Gasteiger partial charge in [0.1, 0.15) is 0 Å². The fourth-order valence-electron chi connectivity index (χ4n) is 1.17. The molecule has 1 aromatic carbocycles. The van der Waals surface area contributed by atoms with Gasteiger partial charge in [-0.05, 0) is 12.1 Å². The van der Waals surface area contributed by atoms with Crippen molar-refractivity contribution in [3.63, 3.8) is 0 Å². The Kier molecular flexibility index (Phi) is 4.55. The zero-order valence-electron chi connectivity index (χ0n) is 8.55. The van der Waals surface area contributed by atoms with Crippen LogP contribution in [0.2, 0.25) is 0 Å². The average Bonchev–Trinajstić information content (AvgIpc) is 2.19. The first-order chi connectivity index (χ1) is 6.75. The first kappa shape index (κ1) is 11.1. The number of alkyl halides is 1. The second-order valence-corrected chi connectivity index (χ2v) is 3.95. The number of para-hydroxylation sites is 1. The molecule has 0 aromatic heterocycles. The minimum Gasteiger partial charge on any atom is -0.377 e. The molecule has 0 aliphatic rings. The molecule has 0 radical (unpaired) electrons. The Balaban J connectivity index is 2.92. The standard InChI is InChI=1S/C12H14BrN/c1-14(2)12-9-4-3-7-11(12)8-5-6-10-13/h3-4,7,9H,6,10H2,1-2H3. The van der Waals surface area contributed by atoms with E-state index in [-0.39, 0.29) is 0 Å². The molecule has 74 valence electrons. The van der Waals surface area contributed by atoms with Crippen LogP contribution in [0.1, 0.15) is 12.0 Å². The molecule has 0 N–H and O–H groups in total. The molecular formula is C12H14BrN. The van der Waals surface area contributed by atoms with Crippen molar-refractivity contribution in [2.45, 2.75) is 6.42 Å². The van der Waals surface area contributed by atoms with E-state index in [9.17, 15) is 0 Å². The van der Waals surface area contributed by atoms with Crippen molar-refractivity contribution >= 4 is 21.6 Å². The number of hydrogen-bond acceptors (Lipinski definition) is 1. The molecule has 0 bridgehead atoms. The van der Waals surface area contributed by atoms with Crippen LogP contribution in [0.5, 0.6) is 0 Å². The van der Waals surface area contributed by atoms with E-state index in [0.29, 0.717) is 0 Å². The van der Waals surface area contributed by atoms with Crippen molar-refractivity contribution < 1.29 is 0 Å². The molecular weight excluding hydrogens is 238 g/mol. The van der Waals surface area contributed by atoms with Crippen molar-refractivity contribution in [2.24, 2.45) is 0 Å².